The maximum Gasteiger partial charge on any atom is 0.325 e. The number of hydrogen-bond donors (Lipinski definition) is 1. The lowest BCUT2D eigenvalue weighted by Crippen LogP contribution is -2.37. The summed E-state index contributed by atoms with van der Waals surface area (Å²) in [5, 5.41) is 0. The summed E-state index contributed by atoms with van der Waals surface area (Å²) < 4.78 is 6.48. The molecule has 0 aliphatic carbocycles. The van der Waals surface area contributed by atoms with Crippen molar-refractivity contribution in [3.8, 4) is 0 Å². The van der Waals surface area contributed by atoms with E-state index in [2.05, 4.69) is 0 Å². The van der Waals surface area contributed by atoms with Gasteiger partial charge in [-0.25, -0.2) is 0 Å². The molecule has 0 fully saturated rings. The number of nitrogens with two attached hydrogens (primary N) is 1. The van der Waals surface area contributed by atoms with Crippen molar-refractivity contribution in [3.05, 3.63) is 18.0 Å². The summed E-state index contributed by atoms with van der Waals surface area (Å²) >= 11 is 0. The monoisotopic (exact) mass is 253 g/mol. The first-order valence-corrected chi connectivity index (χ1v) is 5.86. The van der Waals surface area contributed by atoms with Gasteiger partial charge >= 0.3 is 5.97 Å². The van der Waals surface area contributed by atoms with Gasteiger partial charge in [-0.2, -0.15) is 0 Å². The molecule has 0 bridgehead atoms. The van der Waals surface area contributed by atoms with Crippen LogP contribution in [0.1, 0.15) is 24.3 Å². The van der Waals surface area contributed by atoms with Crippen molar-refractivity contribution in [3.63, 3.8) is 0 Å². The molecule has 0 unspecified atom stereocenters. The van der Waals surface area contributed by atoms with E-state index >= 15 is 0 Å². The van der Waals surface area contributed by atoms with E-state index in [0.29, 0.717) is 24.5 Å². The molecule has 18 heavy (non-hydrogen) atoms. The molecular formula is C12H19N3O3. The predicted octanol–water partition coefficient (Wildman–Crippen LogP) is 0.632. The Morgan fingerprint density at radius 2 is 2.11 bits per heavy atom. The number of rotatable bonds is 5. The first-order chi connectivity index (χ1) is 8.49. The van der Waals surface area contributed by atoms with Crippen LogP contribution in [0.25, 0.3) is 0 Å². The van der Waals surface area contributed by atoms with Gasteiger partial charge in [-0.1, -0.05) is 0 Å². The van der Waals surface area contributed by atoms with E-state index in [1.54, 1.807) is 30.8 Å². The Kier molecular flexibility index (Phi) is 4.76. The minimum atomic E-state index is -0.408. The lowest BCUT2D eigenvalue weighted by molar-refractivity contribution is -0.143. The van der Waals surface area contributed by atoms with E-state index in [9.17, 15) is 9.59 Å². The zero-order chi connectivity index (χ0) is 13.7. The second-order valence-corrected chi connectivity index (χ2v) is 3.89. The maximum absolute atomic E-state index is 12.2. The van der Waals surface area contributed by atoms with E-state index < -0.39 is 5.97 Å². The molecule has 2 N–H and O–H groups in total. The summed E-state index contributed by atoms with van der Waals surface area (Å²) in [5.74, 6) is -0.639. The van der Waals surface area contributed by atoms with E-state index in [0.717, 1.165) is 0 Å². The molecule has 1 heterocycles. The lowest BCUT2D eigenvalue weighted by Gasteiger charge is -2.19. The Morgan fingerprint density at radius 1 is 1.44 bits per heavy atom. The molecule has 6 heteroatoms. The highest BCUT2D eigenvalue weighted by molar-refractivity contribution is 5.95. The fourth-order valence-corrected chi connectivity index (χ4v) is 1.65. The van der Waals surface area contributed by atoms with E-state index in [-0.39, 0.29) is 12.5 Å². The first kappa shape index (κ1) is 14.1. The number of esters is 1. The molecule has 0 aliphatic heterocycles. The summed E-state index contributed by atoms with van der Waals surface area (Å²) in [6.07, 6.45) is 1.66. The molecule has 0 atom stereocenters. The van der Waals surface area contributed by atoms with Crippen molar-refractivity contribution in [2.24, 2.45) is 7.05 Å². The highest BCUT2D eigenvalue weighted by Gasteiger charge is 2.20. The van der Waals surface area contributed by atoms with Crippen LogP contribution in [0.2, 0.25) is 0 Å². The van der Waals surface area contributed by atoms with Gasteiger partial charge in [-0.15, -0.1) is 0 Å². The number of hydrogen-bond acceptors (Lipinski definition) is 4. The Labute approximate surface area is 106 Å². The second kappa shape index (κ2) is 6.09. The van der Waals surface area contributed by atoms with Crippen molar-refractivity contribution in [2.75, 3.05) is 25.4 Å². The lowest BCUT2D eigenvalue weighted by atomic mass is 10.3. The molecule has 0 aliphatic rings. The highest BCUT2D eigenvalue weighted by Crippen LogP contribution is 2.11. The molecule has 6 nitrogen and oxygen atoms in total. The van der Waals surface area contributed by atoms with E-state index in [4.69, 9.17) is 10.5 Å². The smallest absolute Gasteiger partial charge is 0.325 e. The van der Waals surface area contributed by atoms with Crippen LogP contribution in [0.4, 0.5) is 5.69 Å². The SMILES string of the molecule is CCOC(=O)CN(CC)C(=O)c1cc(N)cn1C. The van der Waals surface area contributed by atoms with Crippen molar-refractivity contribution in [2.45, 2.75) is 13.8 Å². The number of aromatic nitrogens is 1. The highest BCUT2D eigenvalue weighted by atomic mass is 16.5. The number of nitrogens with zero attached hydrogens (tertiary/aromatic N) is 2. The van der Waals surface area contributed by atoms with Crippen LogP contribution in [-0.4, -0.2) is 41.0 Å². The molecule has 1 aromatic rings. The number of carbonyl (C=O) groups is 2. The molecule has 0 aromatic carbocycles. The van der Waals surface area contributed by atoms with Gasteiger partial charge in [0.25, 0.3) is 5.91 Å². The summed E-state index contributed by atoms with van der Waals surface area (Å²) in [6, 6.07) is 1.59. The largest absolute Gasteiger partial charge is 0.465 e. The second-order valence-electron chi connectivity index (χ2n) is 3.89. The quantitative estimate of drug-likeness (QED) is 0.781. The Bertz CT molecular complexity index is 440. The topological polar surface area (TPSA) is 77.6 Å². The number of aryl methyl sites for hydroxylation is 1. The van der Waals surface area contributed by atoms with Gasteiger partial charge in [0.15, 0.2) is 0 Å². The van der Waals surface area contributed by atoms with Gasteiger partial charge in [-0.3, -0.25) is 9.59 Å². The Balaban J connectivity index is 2.79. The minimum absolute atomic E-state index is 0.0474. The molecule has 0 spiro atoms. The third-order valence-electron chi connectivity index (χ3n) is 2.54. The number of amides is 1. The van der Waals surface area contributed by atoms with Crippen molar-refractivity contribution < 1.29 is 14.3 Å². The standard InChI is InChI=1S/C12H19N3O3/c1-4-15(8-11(16)18-5-2)12(17)10-6-9(13)7-14(10)3/h6-7H,4-5,8,13H2,1-3H3. The molecule has 1 aromatic heterocycles. The van der Waals surface area contributed by atoms with Crippen molar-refractivity contribution >= 4 is 17.6 Å². The normalized spacial score (nSPS) is 10.2. The average molecular weight is 253 g/mol. The van der Waals surface area contributed by atoms with Gasteiger partial charge in [0, 0.05) is 19.8 Å². The molecule has 0 radical (unpaired) electrons. The summed E-state index contributed by atoms with van der Waals surface area (Å²) in [5.41, 5.74) is 6.60. The zero-order valence-corrected chi connectivity index (χ0v) is 11.0. The maximum atomic E-state index is 12.2. The predicted molar refractivity (Wildman–Crippen MR) is 68.0 cm³/mol. The molecule has 1 amide bonds. The number of ether oxygens (including phenoxy) is 1. The van der Waals surface area contributed by atoms with Gasteiger partial charge in [0.1, 0.15) is 12.2 Å². The van der Waals surface area contributed by atoms with Crippen molar-refractivity contribution in [1.29, 1.82) is 0 Å². The van der Waals surface area contributed by atoms with Crippen LogP contribution in [0.5, 0.6) is 0 Å². The number of likely N-dealkylation sites (N-methyl/N-ethyl adjacent to an activating group) is 1. The Hall–Kier alpha value is -1.98. The van der Waals surface area contributed by atoms with Crippen LogP contribution in [-0.2, 0) is 16.6 Å². The minimum Gasteiger partial charge on any atom is -0.465 e. The van der Waals surface area contributed by atoms with Gasteiger partial charge in [0.05, 0.1) is 12.3 Å². The summed E-state index contributed by atoms with van der Waals surface area (Å²) in [6.45, 7) is 4.23. The number of anilines is 1. The average Bonchev–Trinajstić information content (AvgIpc) is 2.65. The molecular weight excluding hydrogens is 234 g/mol. The third-order valence-corrected chi connectivity index (χ3v) is 2.54. The number of carbonyl (C=O) groups excluding carboxylic acids is 2. The summed E-state index contributed by atoms with van der Waals surface area (Å²) in [7, 11) is 1.74. The molecule has 0 saturated heterocycles. The van der Waals surface area contributed by atoms with E-state index in [1.807, 2.05) is 6.92 Å². The number of nitrogen functional groups attached to an aromatic ring is 1. The third kappa shape index (κ3) is 3.26. The van der Waals surface area contributed by atoms with Crippen molar-refractivity contribution in [1.82, 2.24) is 9.47 Å². The van der Waals surface area contributed by atoms with Crippen LogP contribution in [0.15, 0.2) is 12.3 Å². The molecule has 0 saturated carbocycles. The fourth-order valence-electron chi connectivity index (χ4n) is 1.65. The van der Waals surface area contributed by atoms with Crippen LogP contribution >= 0.6 is 0 Å². The van der Waals surface area contributed by atoms with E-state index in [1.165, 1.54) is 4.90 Å². The molecule has 100 valence electrons. The zero-order valence-electron chi connectivity index (χ0n) is 11.0. The van der Waals surface area contributed by atoms with Crippen LogP contribution in [0, 0.1) is 0 Å². The Morgan fingerprint density at radius 3 is 2.56 bits per heavy atom. The fraction of sp³-hybridized carbons (Fsp3) is 0.500. The molecule has 1 rings (SSSR count). The van der Waals surface area contributed by atoms with Gasteiger partial charge < -0.3 is 19.9 Å². The summed E-state index contributed by atoms with van der Waals surface area (Å²) in [4.78, 5) is 25.0. The first-order valence-electron chi connectivity index (χ1n) is 5.86. The van der Waals surface area contributed by atoms with Crippen LogP contribution < -0.4 is 5.73 Å². The van der Waals surface area contributed by atoms with Crippen LogP contribution in [0.3, 0.4) is 0 Å². The van der Waals surface area contributed by atoms with Gasteiger partial charge in [0.2, 0.25) is 0 Å². The van der Waals surface area contributed by atoms with Gasteiger partial charge in [-0.05, 0) is 19.9 Å².